The van der Waals surface area contributed by atoms with Crippen molar-refractivity contribution in [3.05, 3.63) is 36.2 Å². The smallest absolute Gasteiger partial charge is 0.207 e. The first-order valence-electron chi connectivity index (χ1n) is 6.53. The van der Waals surface area contributed by atoms with Crippen molar-refractivity contribution in [2.45, 2.75) is 32.2 Å². The van der Waals surface area contributed by atoms with Gasteiger partial charge in [0.2, 0.25) is 5.95 Å². The zero-order valence-corrected chi connectivity index (χ0v) is 12.8. The van der Waals surface area contributed by atoms with Gasteiger partial charge in [0.05, 0.1) is 5.69 Å². The van der Waals surface area contributed by atoms with Crippen molar-refractivity contribution in [2.24, 2.45) is 5.92 Å². The van der Waals surface area contributed by atoms with Gasteiger partial charge in [0, 0.05) is 23.3 Å². The topological polar surface area (TPSA) is 29.9 Å². The number of imidazole rings is 1. The highest BCUT2D eigenvalue weighted by Crippen LogP contribution is 2.22. The molecule has 1 heterocycles. The summed E-state index contributed by atoms with van der Waals surface area (Å²) in [6.07, 6.45) is 4.18. The molecule has 19 heavy (non-hydrogen) atoms. The fourth-order valence-corrected chi connectivity index (χ4v) is 2.47. The van der Waals surface area contributed by atoms with Crippen LogP contribution in [0.1, 0.15) is 19.5 Å². The molecule has 0 saturated heterocycles. The maximum Gasteiger partial charge on any atom is 0.207 e. The third kappa shape index (κ3) is 3.77. The molecule has 2 rings (SSSR count). The summed E-state index contributed by atoms with van der Waals surface area (Å²) < 4.78 is 2.19. The van der Waals surface area contributed by atoms with E-state index in [0.29, 0.717) is 5.92 Å². The fourth-order valence-electron chi connectivity index (χ4n) is 2.01. The van der Waals surface area contributed by atoms with Gasteiger partial charge >= 0.3 is 0 Å². The van der Waals surface area contributed by atoms with E-state index < -0.39 is 0 Å². The number of hydrogen-bond acceptors (Lipinski definition) is 3. The molecule has 0 saturated carbocycles. The van der Waals surface area contributed by atoms with Crippen LogP contribution in [-0.4, -0.2) is 15.8 Å². The van der Waals surface area contributed by atoms with Gasteiger partial charge in [0.25, 0.3) is 0 Å². The minimum atomic E-state index is 0.603. The largest absolute Gasteiger partial charge is 0.326 e. The molecule has 0 fully saturated rings. The third-order valence-electron chi connectivity index (χ3n) is 2.78. The lowest BCUT2D eigenvalue weighted by atomic mass is 10.2. The van der Waals surface area contributed by atoms with E-state index in [2.05, 4.69) is 65.4 Å². The molecule has 0 aliphatic rings. The molecule has 2 aromatic rings. The zero-order valence-electron chi connectivity index (χ0n) is 12.0. The Kier molecular flexibility index (Phi) is 4.53. The van der Waals surface area contributed by atoms with Crippen molar-refractivity contribution in [2.75, 3.05) is 11.6 Å². The maximum absolute atomic E-state index is 4.56. The van der Waals surface area contributed by atoms with Crippen LogP contribution in [0, 0.1) is 12.8 Å². The van der Waals surface area contributed by atoms with Crippen LogP contribution in [0.15, 0.2) is 35.4 Å². The van der Waals surface area contributed by atoms with Crippen LogP contribution in [0.4, 0.5) is 11.6 Å². The van der Waals surface area contributed by atoms with Gasteiger partial charge in [0.1, 0.15) is 0 Å². The quantitative estimate of drug-likeness (QED) is 0.824. The summed E-state index contributed by atoms with van der Waals surface area (Å²) in [5.41, 5.74) is 2.13. The molecule has 102 valence electrons. The van der Waals surface area contributed by atoms with Crippen molar-refractivity contribution in [1.29, 1.82) is 0 Å². The Hall–Kier alpha value is -1.42. The average Bonchev–Trinajstić information content (AvgIpc) is 2.69. The zero-order chi connectivity index (χ0) is 13.8. The number of thioether (sulfide) groups is 1. The van der Waals surface area contributed by atoms with Crippen molar-refractivity contribution >= 4 is 23.4 Å². The molecule has 4 heteroatoms. The predicted octanol–water partition coefficient (Wildman–Crippen LogP) is 4.31. The highest BCUT2D eigenvalue weighted by atomic mass is 32.2. The van der Waals surface area contributed by atoms with Crippen LogP contribution in [-0.2, 0) is 6.54 Å². The highest BCUT2D eigenvalue weighted by Gasteiger charge is 2.07. The molecule has 0 bridgehead atoms. The number of anilines is 2. The van der Waals surface area contributed by atoms with Gasteiger partial charge in [-0.1, -0.05) is 19.9 Å². The monoisotopic (exact) mass is 275 g/mol. The van der Waals surface area contributed by atoms with Crippen molar-refractivity contribution < 1.29 is 0 Å². The minimum Gasteiger partial charge on any atom is -0.326 e. The van der Waals surface area contributed by atoms with Crippen LogP contribution in [0.25, 0.3) is 0 Å². The van der Waals surface area contributed by atoms with Crippen molar-refractivity contribution in [3.63, 3.8) is 0 Å². The number of hydrogen-bond donors (Lipinski definition) is 1. The van der Waals surface area contributed by atoms with E-state index in [9.17, 15) is 0 Å². The van der Waals surface area contributed by atoms with Gasteiger partial charge in [0.15, 0.2) is 0 Å². The van der Waals surface area contributed by atoms with Gasteiger partial charge in [-0.2, -0.15) is 0 Å². The van der Waals surface area contributed by atoms with E-state index in [0.717, 1.165) is 23.9 Å². The molecule has 1 N–H and O–H groups in total. The molecular weight excluding hydrogens is 254 g/mol. The molecule has 1 aromatic heterocycles. The fraction of sp³-hybridized carbons (Fsp3) is 0.400. The summed E-state index contributed by atoms with van der Waals surface area (Å²) >= 11 is 1.75. The number of aryl methyl sites for hydroxylation is 1. The maximum atomic E-state index is 4.56. The lowest BCUT2D eigenvalue weighted by Crippen LogP contribution is -2.07. The van der Waals surface area contributed by atoms with Crippen LogP contribution >= 0.6 is 11.8 Å². The number of aromatic nitrogens is 2. The van der Waals surface area contributed by atoms with E-state index in [1.807, 2.05) is 6.92 Å². The second-order valence-corrected chi connectivity index (χ2v) is 5.99. The van der Waals surface area contributed by atoms with E-state index in [4.69, 9.17) is 0 Å². The Bertz CT molecular complexity index is 546. The summed E-state index contributed by atoms with van der Waals surface area (Å²) in [6, 6.07) is 8.40. The Balaban J connectivity index is 2.22. The standard InChI is InChI=1S/C15H21N3S/c1-11(2)9-18-10-12(3)16-15(18)17-13-6-5-7-14(8-13)19-4/h5-8,10-11H,9H2,1-4H3,(H,16,17). The van der Waals surface area contributed by atoms with Gasteiger partial charge in [-0.3, -0.25) is 0 Å². The molecule has 0 aliphatic heterocycles. The average molecular weight is 275 g/mol. The Morgan fingerprint density at radius 2 is 2.16 bits per heavy atom. The van der Waals surface area contributed by atoms with Gasteiger partial charge in [-0.15, -0.1) is 11.8 Å². The molecular formula is C15H21N3S. The Morgan fingerprint density at radius 1 is 1.37 bits per heavy atom. The number of nitrogens with one attached hydrogen (secondary N) is 1. The van der Waals surface area contributed by atoms with Gasteiger partial charge in [-0.05, 0) is 37.3 Å². The van der Waals surface area contributed by atoms with Crippen molar-refractivity contribution in [1.82, 2.24) is 9.55 Å². The first-order chi connectivity index (χ1) is 9.08. The second-order valence-electron chi connectivity index (χ2n) is 5.11. The summed E-state index contributed by atoms with van der Waals surface area (Å²) in [5.74, 6) is 1.52. The van der Waals surface area contributed by atoms with Crippen LogP contribution in [0.3, 0.4) is 0 Å². The number of nitrogens with zero attached hydrogens (tertiary/aromatic N) is 2. The van der Waals surface area contributed by atoms with Gasteiger partial charge < -0.3 is 9.88 Å². The minimum absolute atomic E-state index is 0.603. The normalized spacial score (nSPS) is 11.0. The molecule has 0 unspecified atom stereocenters. The number of rotatable bonds is 5. The third-order valence-corrected chi connectivity index (χ3v) is 3.51. The molecule has 0 aliphatic carbocycles. The molecule has 0 atom stereocenters. The second kappa shape index (κ2) is 6.15. The molecule has 0 spiro atoms. The summed E-state index contributed by atoms with van der Waals surface area (Å²) in [6.45, 7) is 7.44. The van der Waals surface area contributed by atoms with E-state index in [1.165, 1.54) is 4.90 Å². The summed E-state index contributed by atoms with van der Waals surface area (Å²) in [7, 11) is 0. The van der Waals surface area contributed by atoms with E-state index in [1.54, 1.807) is 11.8 Å². The molecule has 0 amide bonds. The highest BCUT2D eigenvalue weighted by molar-refractivity contribution is 7.98. The Morgan fingerprint density at radius 3 is 2.84 bits per heavy atom. The predicted molar refractivity (Wildman–Crippen MR) is 83.3 cm³/mol. The van der Waals surface area contributed by atoms with Crippen LogP contribution in [0.2, 0.25) is 0 Å². The lowest BCUT2D eigenvalue weighted by molar-refractivity contribution is 0.527. The summed E-state index contributed by atoms with van der Waals surface area (Å²) in [5, 5.41) is 3.41. The molecule has 1 aromatic carbocycles. The first-order valence-corrected chi connectivity index (χ1v) is 7.76. The number of benzene rings is 1. The lowest BCUT2D eigenvalue weighted by Gasteiger charge is -2.12. The molecule has 0 radical (unpaired) electrons. The Labute approximate surface area is 119 Å². The van der Waals surface area contributed by atoms with Crippen molar-refractivity contribution in [3.8, 4) is 0 Å². The van der Waals surface area contributed by atoms with Gasteiger partial charge in [-0.25, -0.2) is 4.98 Å². The van der Waals surface area contributed by atoms with Crippen LogP contribution < -0.4 is 5.32 Å². The molecule has 3 nitrogen and oxygen atoms in total. The first kappa shape index (κ1) is 14.0. The SMILES string of the molecule is CSc1cccc(Nc2nc(C)cn2CC(C)C)c1. The van der Waals surface area contributed by atoms with Crippen LogP contribution in [0.5, 0.6) is 0 Å². The van der Waals surface area contributed by atoms with E-state index >= 15 is 0 Å². The van der Waals surface area contributed by atoms with E-state index in [-0.39, 0.29) is 0 Å². The summed E-state index contributed by atoms with van der Waals surface area (Å²) in [4.78, 5) is 5.81.